The van der Waals surface area contributed by atoms with E-state index < -0.39 is 5.97 Å². The van der Waals surface area contributed by atoms with Crippen molar-refractivity contribution < 1.29 is 33.2 Å². The van der Waals surface area contributed by atoms with Gasteiger partial charge in [0.05, 0.1) is 58.2 Å². The molecule has 11 heteroatoms. The molecule has 0 unspecified atom stereocenters. The predicted octanol–water partition coefficient (Wildman–Crippen LogP) is 5.21. The van der Waals surface area contributed by atoms with Crippen molar-refractivity contribution in [1.82, 2.24) is 9.66 Å². The van der Waals surface area contributed by atoms with Crippen LogP contribution in [0.2, 0.25) is 0 Å². The van der Waals surface area contributed by atoms with Gasteiger partial charge in [0.25, 0.3) is 5.56 Å². The lowest BCUT2D eigenvalue weighted by atomic mass is 10.1. The third-order valence-corrected chi connectivity index (χ3v) is 6.72. The number of hydrogen-bond donors (Lipinski definition) is 0. The van der Waals surface area contributed by atoms with E-state index in [-0.39, 0.29) is 22.6 Å². The summed E-state index contributed by atoms with van der Waals surface area (Å²) in [5.74, 6) is 1.78. The summed E-state index contributed by atoms with van der Waals surface area (Å²) in [4.78, 5) is 31.3. The maximum Gasteiger partial charge on any atom is 0.343 e. The van der Waals surface area contributed by atoms with Gasteiger partial charge in [0.2, 0.25) is 5.75 Å². The minimum Gasteiger partial charge on any atom is -0.497 e. The molecule has 0 saturated heterocycles. The van der Waals surface area contributed by atoms with Crippen LogP contribution in [-0.4, -0.2) is 57.4 Å². The largest absolute Gasteiger partial charge is 0.497 e. The van der Waals surface area contributed by atoms with Crippen LogP contribution in [0.4, 0.5) is 0 Å². The monoisotopic (exact) mass is 595 g/mol. The zero-order chi connectivity index (χ0) is 31.2. The summed E-state index contributed by atoms with van der Waals surface area (Å²) in [6.07, 6.45) is 1.50. The van der Waals surface area contributed by atoms with Crippen molar-refractivity contribution in [3.8, 4) is 45.9 Å². The predicted molar refractivity (Wildman–Crippen MR) is 165 cm³/mol. The minimum absolute atomic E-state index is 0.173. The van der Waals surface area contributed by atoms with Gasteiger partial charge in [-0.15, -0.1) is 0 Å². The maximum atomic E-state index is 13.5. The number of hydrogen-bond acceptors (Lipinski definition) is 10. The third kappa shape index (κ3) is 5.88. The van der Waals surface area contributed by atoms with Crippen LogP contribution in [0.25, 0.3) is 22.3 Å². The van der Waals surface area contributed by atoms with Gasteiger partial charge in [-0.3, -0.25) is 4.79 Å². The SMILES string of the molecule is COc1ccc(-c2nc3ccccc3c(=O)n2N=Cc2ccc(OC(=O)c3cc(OC)c(OC)c(OC)c3)c(OC)c2)cc1. The highest BCUT2D eigenvalue weighted by Gasteiger charge is 2.20. The molecule has 0 bridgehead atoms. The molecule has 0 aliphatic carbocycles. The van der Waals surface area contributed by atoms with Crippen LogP contribution in [0.5, 0.6) is 34.5 Å². The topological polar surface area (TPSA) is 120 Å². The molecule has 0 spiro atoms. The number of rotatable bonds is 10. The molecule has 0 amide bonds. The van der Waals surface area contributed by atoms with E-state index in [1.54, 1.807) is 55.6 Å². The molecule has 5 rings (SSSR count). The summed E-state index contributed by atoms with van der Waals surface area (Å²) in [7, 11) is 7.42. The van der Waals surface area contributed by atoms with Crippen LogP contribution >= 0.6 is 0 Å². The zero-order valence-electron chi connectivity index (χ0n) is 24.7. The van der Waals surface area contributed by atoms with Crippen molar-refractivity contribution >= 4 is 23.1 Å². The lowest BCUT2D eigenvalue weighted by Gasteiger charge is -2.14. The molecular formula is C33H29N3O8. The number of benzene rings is 4. The Hall–Kier alpha value is -5.84. The third-order valence-electron chi connectivity index (χ3n) is 6.72. The average molecular weight is 596 g/mol. The van der Waals surface area contributed by atoms with Crippen molar-refractivity contribution in [1.29, 1.82) is 0 Å². The molecule has 0 saturated carbocycles. The normalized spacial score (nSPS) is 10.9. The molecule has 0 atom stereocenters. The van der Waals surface area contributed by atoms with Crippen molar-refractivity contribution in [3.63, 3.8) is 0 Å². The molecule has 0 fully saturated rings. The first-order chi connectivity index (χ1) is 21.4. The van der Waals surface area contributed by atoms with Gasteiger partial charge in [-0.05, 0) is 72.3 Å². The van der Waals surface area contributed by atoms with Gasteiger partial charge in [0.1, 0.15) is 5.75 Å². The van der Waals surface area contributed by atoms with E-state index in [1.165, 1.54) is 51.5 Å². The van der Waals surface area contributed by atoms with Crippen LogP contribution in [-0.2, 0) is 0 Å². The maximum absolute atomic E-state index is 13.5. The number of ether oxygens (including phenoxy) is 6. The fourth-order valence-electron chi connectivity index (χ4n) is 4.49. The summed E-state index contributed by atoms with van der Waals surface area (Å²) in [5.41, 5.74) is 1.66. The van der Waals surface area contributed by atoms with Gasteiger partial charge in [0.15, 0.2) is 28.8 Å². The first-order valence-electron chi connectivity index (χ1n) is 13.3. The van der Waals surface area contributed by atoms with Crippen LogP contribution in [0.1, 0.15) is 15.9 Å². The number of methoxy groups -OCH3 is 5. The smallest absolute Gasteiger partial charge is 0.343 e. The van der Waals surface area contributed by atoms with Crippen molar-refractivity contribution in [2.75, 3.05) is 35.5 Å². The van der Waals surface area contributed by atoms with E-state index in [0.29, 0.717) is 50.9 Å². The average Bonchev–Trinajstić information content (AvgIpc) is 3.07. The summed E-state index contributed by atoms with van der Waals surface area (Å²) in [5, 5.41) is 4.92. The molecule has 44 heavy (non-hydrogen) atoms. The quantitative estimate of drug-likeness (QED) is 0.122. The number of esters is 1. The fraction of sp³-hybridized carbons (Fsp3) is 0.152. The highest BCUT2D eigenvalue weighted by Crippen LogP contribution is 2.39. The van der Waals surface area contributed by atoms with Crippen molar-refractivity contribution in [2.45, 2.75) is 0 Å². The second-order valence-corrected chi connectivity index (χ2v) is 9.26. The molecule has 0 radical (unpaired) electrons. The zero-order valence-corrected chi connectivity index (χ0v) is 24.7. The number of carbonyl (C=O) groups excluding carboxylic acids is 1. The van der Waals surface area contributed by atoms with E-state index in [9.17, 15) is 9.59 Å². The molecule has 0 N–H and O–H groups in total. The van der Waals surface area contributed by atoms with Crippen molar-refractivity contribution in [3.05, 3.63) is 100 Å². The molecular weight excluding hydrogens is 566 g/mol. The Bertz CT molecular complexity index is 1890. The van der Waals surface area contributed by atoms with Gasteiger partial charge in [-0.2, -0.15) is 9.78 Å². The fourth-order valence-corrected chi connectivity index (χ4v) is 4.49. The molecule has 1 heterocycles. The summed E-state index contributed by atoms with van der Waals surface area (Å²) in [6, 6.07) is 22.1. The highest BCUT2D eigenvalue weighted by atomic mass is 16.6. The summed E-state index contributed by atoms with van der Waals surface area (Å²) in [6.45, 7) is 0. The Morgan fingerprint density at radius 2 is 1.43 bits per heavy atom. The molecule has 224 valence electrons. The van der Waals surface area contributed by atoms with Crippen LogP contribution in [0.3, 0.4) is 0 Å². The lowest BCUT2D eigenvalue weighted by Crippen LogP contribution is -2.20. The summed E-state index contributed by atoms with van der Waals surface area (Å²) >= 11 is 0. The minimum atomic E-state index is -0.665. The van der Waals surface area contributed by atoms with E-state index in [0.717, 1.165) is 0 Å². The number of para-hydroxylation sites is 1. The lowest BCUT2D eigenvalue weighted by molar-refractivity contribution is 0.0728. The molecule has 1 aromatic heterocycles. The van der Waals surface area contributed by atoms with Gasteiger partial charge < -0.3 is 28.4 Å². The Morgan fingerprint density at radius 1 is 0.750 bits per heavy atom. The van der Waals surface area contributed by atoms with E-state index >= 15 is 0 Å². The molecule has 11 nitrogen and oxygen atoms in total. The summed E-state index contributed by atoms with van der Waals surface area (Å²) < 4.78 is 33.6. The Morgan fingerprint density at radius 3 is 2.07 bits per heavy atom. The van der Waals surface area contributed by atoms with Gasteiger partial charge in [-0.1, -0.05) is 12.1 Å². The number of aromatic nitrogens is 2. The Labute approximate surface area is 252 Å². The van der Waals surface area contributed by atoms with E-state index in [2.05, 4.69) is 5.10 Å². The molecule has 4 aromatic carbocycles. The van der Waals surface area contributed by atoms with Crippen LogP contribution in [0, 0.1) is 0 Å². The first kappa shape index (κ1) is 29.6. The number of fused-ring (bicyclic) bond motifs is 1. The Kier molecular flexibility index (Phi) is 8.75. The van der Waals surface area contributed by atoms with Crippen molar-refractivity contribution in [2.24, 2.45) is 5.10 Å². The first-order valence-corrected chi connectivity index (χ1v) is 13.3. The van der Waals surface area contributed by atoms with Crippen LogP contribution < -0.4 is 34.0 Å². The van der Waals surface area contributed by atoms with Gasteiger partial charge in [0, 0.05) is 5.56 Å². The molecule has 0 aliphatic rings. The van der Waals surface area contributed by atoms with E-state index in [1.807, 2.05) is 18.2 Å². The van der Waals surface area contributed by atoms with E-state index in [4.69, 9.17) is 33.4 Å². The van der Waals surface area contributed by atoms with Crippen LogP contribution in [0.15, 0.2) is 88.8 Å². The van der Waals surface area contributed by atoms with Gasteiger partial charge in [-0.25, -0.2) is 9.78 Å². The number of nitrogens with zero attached hydrogens (tertiary/aromatic N) is 3. The molecule has 5 aromatic rings. The second-order valence-electron chi connectivity index (χ2n) is 9.26. The van der Waals surface area contributed by atoms with Gasteiger partial charge >= 0.3 is 5.97 Å². The Balaban J connectivity index is 1.48. The molecule has 0 aliphatic heterocycles. The second kappa shape index (κ2) is 13.0. The standard InChI is InChI=1S/C33H29N3O8/c1-39-23-13-11-21(12-14-23)31-35-25-9-7-6-8-24(25)32(37)36(31)34-19-20-10-15-26(27(16-20)40-2)44-33(38)22-17-28(41-3)30(43-5)29(18-22)42-4/h6-19H,1-5H3. The number of carbonyl (C=O) groups is 1. The highest BCUT2D eigenvalue weighted by molar-refractivity contribution is 5.93.